The van der Waals surface area contributed by atoms with Crippen molar-refractivity contribution in [3.63, 3.8) is 0 Å². The number of amides is 1. The van der Waals surface area contributed by atoms with Crippen molar-refractivity contribution in [1.29, 1.82) is 0 Å². The highest BCUT2D eigenvalue weighted by atomic mass is 19.1. The fourth-order valence-corrected chi connectivity index (χ4v) is 6.29. The highest BCUT2D eigenvalue weighted by molar-refractivity contribution is 5.98. The average Bonchev–Trinajstić information content (AvgIpc) is 3.03. The fourth-order valence-electron chi connectivity index (χ4n) is 6.29. The molecule has 1 fully saturated rings. The Hall–Kier alpha value is -3.89. The van der Waals surface area contributed by atoms with Crippen LogP contribution in [-0.2, 0) is 12.8 Å². The number of aromatic nitrogens is 4. The molecule has 4 aromatic rings. The van der Waals surface area contributed by atoms with E-state index in [1.807, 2.05) is 32.0 Å². The number of carbonyl (C=O) groups is 1. The number of hydrogen-bond acceptors (Lipinski definition) is 7. The highest BCUT2D eigenvalue weighted by Gasteiger charge is 2.38. The minimum Gasteiger partial charge on any atom is -0.393 e. The zero-order chi connectivity index (χ0) is 30.8. The quantitative estimate of drug-likeness (QED) is 0.279. The molecule has 3 aromatic heterocycles. The molecule has 10 heteroatoms. The van der Waals surface area contributed by atoms with E-state index in [1.54, 1.807) is 30.7 Å². The second-order valence-electron chi connectivity index (χ2n) is 12.5. The van der Waals surface area contributed by atoms with Crippen LogP contribution < -0.4 is 5.32 Å². The summed E-state index contributed by atoms with van der Waals surface area (Å²) in [5.74, 6) is -1.12. The number of rotatable bonds is 8. The number of aliphatic hydroxyl groups is 1. The molecule has 6 rings (SSSR count). The van der Waals surface area contributed by atoms with Gasteiger partial charge in [0.2, 0.25) is 0 Å². The lowest BCUT2D eigenvalue weighted by molar-refractivity contribution is 0.0794. The molecule has 8 nitrogen and oxygen atoms in total. The standard InChI is InChI=1S/C34H38F2N6O2/c1-21(2)34(36)10-5-30-26(18-34)16-24-15-25(17-28(35)32(24)40-30)33(44)41-31(9-14-42-12-7-27(43)8-13-42)22-3-4-29(37-19-22)23-6-11-38-39-20-23/h3-4,6,11,15-17,19-21,27,31,43H,5,7-10,12-14,18H2,1-2H3,(H,41,44)/t31-,34+/m1/s1. The molecule has 0 bridgehead atoms. The normalized spacial score (nSPS) is 20.0. The molecule has 0 radical (unpaired) electrons. The average molecular weight is 601 g/mol. The van der Waals surface area contributed by atoms with Crippen molar-refractivity contribution < 1.29 is 18.7 Å². The molecule has 2 aliphatic rings. The van der Waals surface area contributed by atoms with Crippen LogP contribution in [0, 0.1) is 11.7 Å². The van der Waals surface area contributed by atoms with Gasteiger partial charge in [-0.25, -0.2) is 13.8 Å². The van der Waals surface area contributed by atoms with E-state index in [1.165, 1.54) is 6.07 Å². The first-order valence-corrected chi connectivity index (χ1v) is 15.4. The smallest absolute Gasteiger partial charge is 0.251 e. The number of halogens is 2. The van der Waals surface area contributed by atoms with Crippen LogP contribution in [0.3, 0.4) is 0 Å². The summed E-state index contributed by atoms with van der Waals surface area (Å²) in [6.07, 6.45) is 7.85. The second kappa shape index (κ2) is 12.6. The number of aliphatic hydroxyl groups excluding tert-OH is 1. The first-order valence-electron chi connectivity index (χ1n) is 15.4. The Bertz CT molecular complexity index is 1630. The topological polar surface area (TPSA) is 104 Å². The molecule has 230 valence electrons. The SMILES string of the molecule is CC(C)[C@]1(F)CCc2nc3c(F)cc(C(=O)N[C@H](CCN4CCC(O)CC4)c4ccc(-c5ccnnc5)nc4)cc3cc2C1. The number of piperidine rings is 1. The van der Waals surface area contributed by atoms with Crippen molar-refractivity contribution in [3.05, 3.63) is 83.2 Å². The van der Waals surface area contributed by atoms with Gasteiger partial charge in [0.25, 0.3) is 5.91 Å². The summed E-state index contributed by atoms with van der Waals surface area (Å²) in [6.45, 7) is 6.06. The summed E-state index contributed by atoms with van der Waals surface area (Å²) in [5, 5.41) is 21.2. The van der Waals surface area contributed by atoms with Gasteiger partial charge in [-0.3, -0.25) is 9.78 Å². The van der Waals surface area contributed by atoms with Gasteiger partial charge in [0.15, 0.2) is 0 Å². The summed E-state index contributed by atoms with van der Waals surface area (Å²) in [7, 11) is 0. The number of alkyl halides is 1. The van der Waals surface area contributed by atoms with Crippen LogP contribution in [-0.4, -0.2) is 67.5 Å². The zero-order valence-electron chi connectivity index (χ0n) is 25.1. The Morgan fingerprint density at radius 3 is 2.66 bits per heavy atom. The van der Waals surface area contributed by atoms with Crippen molar-refractivity contribution in [2.24, 2.45) is 5.92 Å². The Balaban J connectivity index is 1.25. The van der Waals surface area contributed by atoms with Gasteiger partial charge in [-0.05, 0) is 79.5 Å². The molecular weight excluding hydrogens is 562 g/mol. The summed E-state index contributed by atoms with van der Waals surface area (Å²) in [4.78, 5) is 25.1. The van der Waals surface area contributed by atoms with Gasteiger partial charge < -0.3 is 15.3 Å². The van der Waals surface area contributed by atoms with Crippen molar-refractivity contribution in [3.8, 4) is 11.3 Å². The number of likely N-dealkylation sites (tertiary alicyclic amines) is 1. The number of aryl methyl sites for hydroxylation is 1. The van der Waals surface area contributed by atoms with Crippen molar-refractivity contribution in [1.82, 2.24) is 30.4 Å². The van der Waals surface area contributed by atoms with Crippen LogP contribution in [0.5, 0.6) is 0 Å². The van der Waals surface area contributed by atoms with Crippen molar-refractivity contribution in [2.45, 2.75) is 70.2 Å². The maximum Gasteiger partial charge on any atom is 0.251 e. The van der Waals surface area contributed by atoms with Crippen LogP contribution in [0.15, 0.2) is 55.0 Å². The van der Waals surface area contributed by atoms with E-state index in [9.17, 15) is 9.90 Å². The molecule has 44 heavy (non-hydrogen) atoms. The minimum atomic E-state index is -1.33. The maximum absolute atomic E-state index is 15.5. The molecule has 2 atom stereocenters. The molecule has 1 amide bonds. The fraction of sp³-hybridized carbons (Fsp3) is 0.441. The Labute approximate surface area is 255 Å². The Kier molecular flexibility index (Phi) is 8.64. The van der Waals surface area contributed by atoms with Crippen molar-refractivity contribution >= 4 is 16.8 Å². The Morgan fingerprint density at radius 1 is 1.14 bits per heavy atom. The van der Waals surface area contributed by atoms with Crippen LogP contribution in [0.1, 0.15) is 72.8 Å². The molecule has 1 aliphatic heterocycles. The predicted molar refractivity (Wildman–Crippen MR) is 164 cm³/mol. The third kappa shape index (κ3) is 6.46. The largest absolute Gasteiger partial charge is 0.393 e. The van der Waals surface area contributed by atoms with Gasteiger partial charge in [-0.1, -0.05) is 19.9 Å². The van der Waals surface area contributed by atoms with Crippen molar-refractivity contribution in [2.75, 3.05) is 19.6 Å². The van der Waals surface area contributed by atoms with Crippen LogP contribution in [0.25, 0.3) is 22.2 Å². The van der Waals surface area contributed by atoms with Gasteiger partial charge >= 0.3 is 0 Å². The lowest BCUT2D eigenvalue weighted by Crippen LogP contribution is -2.38. The van der Waals surface area contributed by atoms with E-state index in [4.69, 9.17) is 0 Å². The molecule has 0 spiro atoms. The van der Waals surface area contributed by atoms with E-state index in [-0.39, 0.29) is 35.6 Å². The third-order valence-corrected chi connectivity index (χ3v) is 9.26. The summed E-state index contributed by atoms with van der Waals surface area (Å²) in [5.41, 5.74) is 2.95. The van der Waals surface area contributed by atoms with E-state index >= 15 is 8.78 Å². The molecule has 0 unspecified atom stereocenters. The third-order valence-electron chi connectivity index (χ3n) is 9.26. The number of carbonyl (C=O) groups excluding carboxylic acids is 1. The minimum absolute atomic E-state index is 0.142. The number of hydrogen-bond donors (Lipinski definition) is 2. The van der Waals surface area contributed by atoms with E-state index in [0.717, 1.165) is 60.6 Å². The summed E-state index contributed by atoms with van der Waals surface area (Å²) in [6, 6.07) is 9.94. The molecule has 1 saturated heterocycles. The maximum atomic E-state index is 15.5. The van der Waals surface area contributed by atoms with Gasteiger partial charge in [0, 0.05) is 54.5 Å². The van der Waals surface area contributed by atoms with Gasteiger partial charge in [0.05, 0.1) is 30.2 Å². The number of fused-ring (bicyclic) bond motifs is 2. The summed E-state index contributed by atoms with van der Waals surface area (Å²) >= 11 is 0. The summed E-state index contributed by atoms with van der Waals surface area (Å²) < 4.78 is 30.9. The molecule has 0 saturated carbocycles. The lowest BCUT2D eigenvalue weighted by Gasteiger charge is -2.34. The Morgan fingerprint density at radius 2 is 1.95 bits per heavy atom. The number of nitrogens with one attached hydrogen (secondary N) is 1. The first kappa shape index (κ1) is 30.1. The monoisotopic (exact) mass is 600 g/mol. The zero-order valence-corrected chi connectivity index (χ0v) is 25.1. The lowest BCUT2D eigenvalue weighted by atomic mass is 9.77. The van der Waals surface area contributed by atoms with E-state index < -0.39 is 17.4 Å². The molecular formula is C34H38F2N6O2. The predicted octanol–water partition coefficient (Wildman–Crippen LogP) is 5.40. The number of benzene rings is 1. The van der Waals surface area contributed by atoms with Gasteiger partial charge in [-0.2, -0.15) is 10.2 Å². The van der Waals surface area contributed by atoms with E-state index in [0.29, 0.717) is 24.6 Å². The second-order valence-corrected chi connectivity index (χ2v) is 12.5. The van der Waals surface area contributed by atoms with Gasteiger partial charge in [0.1, 0.15) is 17.0 Å². The van der Waals surface area contributed by atoms with Crippen LogP contribution in [0.2, 0.25) is 0 Å². The van der Waals surface area contributed by atoms with Crippen LogP contribution in [0.4, 0.5) is 8.78 Å². The molecule has 2 N–H and O–H groups in total. The molecule has 1 aromatic carbocycles. The molecule has 1 aliphatic carbocycles. The molecule has 4 heterocycles. The highest BCUT2D eigenvalue weighted by Crippen LogP contribution is 2.38. The van der Waals surface area contributed by atoms with Gasteiger partial charge in [-0.15, -0.1) is 0 Å². The first-order chi connectivity index (χ1) is 21.2. The van der Waals surface area contributed by atoms with Crippen LogP contribution >= 0.6 is 0 Å². The number of pyridine rings is 2. The van der Waals surface area contributed by atoms with E-state index in [2.05, 4.69) is 30.4 Å². The number of nitrogens with zero attached hydrogens (tertiary/aromatic N) is 5.